The maximum atomic E-state index is 12.8. The monoisotopic (exact) mass is 365 g/mol. The summed E-state index contributed by atoms with van der Waals surface area (Å²) in [5.41, 5.74) is 2.33. The standard InChI is InChI=1S/C18H15N5O2S/c1-10-7-11(2)21-17-14(10)15-16(26-17)18(25)23(9-20-15)8-13(24)22-12-5-3-4-6-19-12/h3-7,9H,8H2,1-2H3,(H,19,22,24). The first-order valence-electron chi connectivity index (χ1n) is 7.99. The Kier molecular flexibility index (Phi) is 3.96. The van der Waals surface area contributed by atoms with Gasteiger partial charge in [0.25, 0.3) is 5.56 Å². The zero-order valence-electron chi connectivity index (χ0n) is 14.2. The Hall–Kier alpha value is -3.13. The number of fused-ring (bicyclic) bond motifs is 3. The van der Waals surface area contributed by atoms with Crippen LogP contribution in [0.2, 0.25) is 0 Å². The molecule has 0 spiro atoms. The molecule has 8 heteroatoms. The summed E-state index contributed by atoms with van der Waals surface area (Å²) in [6, 6.07) is 7.20. The van der Waals surface area contributed by atoms with Crippen molar-refractivity contribution in [2.75, 3.05) is 5.32 Å². The molecule has 1 amide bonds. The Morgan fingerprint density at radius 3 is 2.88 bits per heavy atom. The molecule has 0 bridgehead atoms. The smallest absolute Gasteiger partial charge is 0.271 e. The molecule has 0 aliphatic rings. The highest BCUT2D eigenvalue weighted by Gasteiger charge is 2.16. The number of carbonyl (C=O) groups is 1. The summed E-state index contributed by atoms with van der Waals surface area (Å²) in [7, 11) is 0. The summed E-state index contributed by atoms with van der Waals surface area (Å²) in [5.74, 6) is 0.106. The third-order valence-electron chi connectivity index (χ3n) is 3.99. The number of aryl methyl sites for hydroxylation is 2. The lowest BCUT2D eigenvalue weighted by Gasteiger charge is -2.06. The van der Waals surface area contributed by atoms with E-state index >= 15 is 0 Å². The lowest BCUT2D eigenvalue weighted by molar-refractivity contribution is -0.116. The van der Waals surface area contributed by atoms with Crippen LogP contribution in [0.3, 0.4) is 0 Å². The Bertz CT molecular complexity index is 1200. The van der Waals surface area contributed by atoms with E-state index in [1.807, 2.05) is 19.9 Å². The molecule has 0 radical (unpaired) electrons. The number of anilines is 1. The van der Waals surface area contributed by atoms with Crippen LogP contribution in [0.15, 0.2) is 41.6 Å². The number of carbonyl (C=O) groups excluding carboxylic acids is 1. The minimum atomic E-state index is -0.335. The molecule has 7 nitrogen and oxygen atoms in total. The molecular formula is C18H15N5O2S. The highest BCUT2D eigenvalue weighted by atomic mass is 32.1. The Morgan fingerprint density at radius 2 is 2.12 bits per heavy atom. The van der Waals surface area contributed by atoms with Gasteiger partial charge in [0, 0.05) is 17.3 Å². The van der Waals surface area contributed by atoms with Gasteiger partial charge in [0.1, 0.15) is 21.9 Å². The van der Waals surface area contributed by atoms with Crippen LogP contribution in [0.4, 0.5) is 5.82 Å². The van der Waals surface area contributed by atoms with Gasteiger partial charge >= 0.3 is 0 Å². The fourth-order valence-corrected chi connectivity index (χ4v) is 4.09. The molecule has 1 N–H and O–H groups in total. The molecule has 26 heavy (non-hydrogen) atoms. The first-order valence-corrected chi connectivity index (χ1v) is 8.81. The molecule has 4 heterocycles. The zero-order chi connectivity index (χ0) is 18.3. The van der Waals surface area contributed by atoms with E-state index in [1.54, 1.807) is 24.4 Å². The number of rotatable bonds is 3. The van der Waals surface area contributed by atoms with Gasteiger partial charge in [-0.2, -0.15) is 0 Å². The van der Waals surface area contributed by atoms with Gasteiger partial charge < -0.3 is 5.32 Å². The van der Waals surface area contributed by atoms with Crippen molar-refractivity contribution in [2.45, 2.75) is 20.4 Å². The van der Waals surface area contributed by atoms with E-state index < -0.39 is 0 Å². The van der Waals surface area contributed by atoms with Crippen molar-refractivity contribution in [1.29, 1.82) is 0 Å². The molecule has 0 aliphatic heterocycles. The number of pyridine rings is 2. The van der Waals surface area contributed by atoms with Crippen LogP contribution in [0, 0.1) is 13.8 Å². The average Bonchev–Trinajstić information content (AvgIpc) is 2.97. The second kappa shape index (κ2) is 6.30. The molecule has 4 rings (SSSR count). The molecule has 0 fully saturated rings. The van der Waals surface area contributed by atoms with Crippen LogP contribution >= 0.6 is 11.3 Å². The lowest BCUT2D eigenvalue weighted by atomic mass is 10.1. The SMILES string of the molecule is Cc1cc(C)c2c(n1)sc1c(=O)n(CC(=O)Nc3ccccn3)cnc12. The number of hydrogen-bond acceptors (Lipinski definition) is 6. The number of aromatic nitrogens is 4. The van der Waals surface area contributed by atoms with Gasteiger partial charge in [0.05, 0.1) is 11.8 Å². The van der Waals surface area contributed by atoms with Crippen molar-refractivity contribution in [3.63, 3.8) is 0 Å². The maximum absolute atomic E-state index is 12.8. The average molecular weight is 365 g/mol. The second-order valence-electron chi connectivity index (χ2n) is 5.98. The summed E-state index contributed by atoms with van der Waals surface area (Å²) in [5, 5.41) is 3.56. The van der Waals surface area contributed by atoms with Gasteiger partial charge in [-0.25, -0.2) is 15.0 Å². The van der Waals surface area contributed by atoms with Crippen molar-refractivity contribution >= 4 is 43.5 Å². The summed E-state index contributed by atoms with van der Waals surface area (Å²) in [6.07, 6.45) is 3.00. The summed E-state index contributed by atoms with van der Waals surface area (Å²) >= 11 is 1.31. The third-order valence-corrected chi connectivity index (χ3v) is 5.05. The first-order chi connectivity index (χ1) is 12.5. The van der Waals surface area contributed by atoms with Crippen LogP contribution in [0.25, 0.3) is 20.4 Å². The van der Waals surface area contributed by atoms with Gasteiger partial charge in [0.15, 0.2) is 0 Å². The lowest BCUT2D eigenvalue weighted by Crippen LogP contribution is -2.27. The molecule has 130 valence electrons. The van der Waals surface area contributed by atoms with E-state index in [-0.39, 0.29) is 18.0 Å². The first kappa shape index (κ1) is 16.3. The predicted octanol–water partition coefficient (Wildman–Crippen LogP) is 2.66. The highest BCUT2D eigenvalue weighted by molar-refractivity contribution is 7.25. The van der Waals surface area contributed by atoms with Gasteiger partial charge in [-0.05, 0) is 37.6 Å². The van der Waals surface area contributed by atoms with Crippen molar-refractivity contribution in [1.82, 2.24) is 19.5 Å². The van der Waals surface area contributed by atoms with Crippen molar-refractivity contribution in [3.05, 3.63) is 58.4 Å². The topological polar surface area (TPSA) is 89.8 Å². The van der Waals surface area contributed by atoms with Gasteiger partial charge in [0.2, 0.25) is 5.91 Å². The number of amides is 1. The summed E-state index contributed by atoms with van der Waals surface area (Å²) < 4.78 is 1.81. The molecule has 4 aromatic heterocycles. The van der Waals surface area contributed by atoms with Crippen LogP contribution in [-0.4, -0.2) is 25.4 Å². The van der Waals surface area contributed by atoms with E-state index in [9.17, 15) is 9.59 Å². The van der Waals surface area contributed by atoms with Crippen molar-refractivity contribution < 1.29 is 4.79 Å². The minimum Gasteiger partial charge on any atom is -0.309 e. The van der Waals surface area contributed by atoms with Crippen LogP contribution in [0.1, 0.15) is 11.3 Å². The van der Waals surface area contributed by atoms with Crippen molar-refractivity contribution in [3.8, 4) is 0 Å². The van der Waals surface area contributed by atoms with E-state index in [4.69, 9.17) is 0 Å². The van der Waals surface area contributed by atoms with Crippen LogP contribution in [0.5, 0.6) is 0 Å². The van der Waals surface area contributed by atoms with Gasteiger partial charge in [-0.15, -0.1) is 11.3 Å². The molecule has 0 saturated carbocycles. The van der Waals surface area contributed by atoms with Crippen LogP contribution < -0.4 is 10.9 Å². The minimum absolute atomic E-state index is 0.127. The largest absolute Gasteiger partial charge is 0.309 e. The summed E-state index contributed by atoms with van der Waals surface area (Å²) in [6.45, 7) is 3.78. The van der Waals surface area contributed by atoms with Gasteiger partial charge in [-0.1, -0.05) is 6.07 Å². The van der Waals surface area contributed by atoms with E-state index in [2.05, 4.69) is 20.3 Å². The second-order valence-corrected chi connectivity index (χ2v) is 6.98. The van der Waals surface area contributed by atoms with Crippen LogP contribution in [-0.2, 0) is 11.3 Å². The predicted molar refractivity (Wildman–Crippen MR) is 102 cm³/mol. The fraction of sp³-hybridized carbons (Fsp3) is 0.167. The highest BCUT2D eigenvalue weighted by Crippen LogP contribution is 2.31. The quantitative estimate of drug-likeness (QED) is 0.603. The fourth-order valence-electron chi connectivity index (χ4n) is 2.89. The number of nitrogens with zero attached hydrogens (tertiary/aromatic N) is 4. The van der Waals surface area contributed by atoms with Crippen molar-refractivity contribution in [2.24, 2.45) is 0 Å². The number of hydrogen-bond donors (Lipinski definition) is 1. The van der Waals surface area contributed by atoms with E-state index in [0.717, 1.165) is 21.5 Å². The molecule has 0 saturated heterocycles. The number of nitrogens with one attached hydrogen (secondary N) is 1. The molecule has 0 aromatic carbocycles. The number of thiophene rings is 1. The van der Waals surface area contributed by atoms with E-state index in [1.165, 1.54) is 22.2 Å². The third kappa shape index (κ3) is 2.84. The molecule has 0 atom stereocenters. The molecule has 0 unspecified atom stereocenters. The Morgan fingerprint density at radius 1 is 1.27 bits per heavy atom. The maximum Gasteiger partial charge on any atom is 0.271 e. The Labute approximate surface area is 152 Å². The molecular weight excluding hydrogens is 350 g/mol. The zero-order valence-corrected chi connectivity index (χ0v) is 15.0. The Balaban J connectivity index is 1.72. The van der Waals surface area contributed by atoms with Gasteiger partial charge in [-0.3, -0.25) is 14.2 Å². The molecule has 0 aliphatic carbocycles. The molecule has 4 aromatic rings. The van der Waals surface area contributed by atoms with E-state index in [0.29, 0.717) is 16.0 Å². The normalized spacial score (nSPS) is 11.2. The summed E-state index contributed by atoms with van der Waals surface area (Å²) in [4.78, 5) is 38.7.